The molecule has 1 unspecified atom stereocenters. The fourth-order valence-electron chi connectivity index (χ4n) is 1.52. The predicted molar refractivity (Wildman–Crippen MR) is 53.1 cm³/mol. The normalized spacial score (nSPS) is 13.9. The van der Waals surface area contributed by atoms with E-state index in [2.05, 4.69) is 20.8 Å². The van der Waals surface area contributed by atoms with Gasteiger partial charge in [0.25, 0.3) is 0 Å². The number of ketones is 1. The lowest BCUT2D eigenvalue weighted by Crippen LogP contribution is -2.20. The minimum absolute atomic E-state index is 0.202. The zero-order chi connectivity index (χ0) is 9.72. The Labute approximate surface area is 76.6 Å². The highest BCUT2D eigenvalue weighted by Gasteiger charge is 2.19. The van der Waals surface area contributed by atoms with E-state index < -0.39 is 0 Å². The van der Waals surface area contributed by atoms with Gasteiger partial charge in [0, 0.05) is 11.8 Å². The molecule has 0 aliphatic heterocycles. The average molecular weight is 170 g/mol. The molecule has 0 rings (SSSR count). The second-order valence-corrected chi connectivity index (χ2v) is 4.29. The van der Waals surface area contributed by atoms with Crippen LogP contribution < -0.4 is 0 Å². The molecule has 0 saturated carbocycles. The standard InChI is InChI=1S/C11H22O/c1-6-10(7-8(2)3)11(12)9(4)5/h8-10H,6-7H2,1-5H3. The van der Waals surface area contributed by atoms with Crippen LogP contribution >= 0.6 is 0 Å². The number of hydrogen-bond donors (Lipinski definition) is 0. The highest BCUT2D eigenvalue weighted by atomic mass is 16.1. The van der Waals surface area contributed by atoms with Crippen LogP contribution in [0.15, 0.2) is 0 Å². The lowest BCUT2D eigenvalue weighted by molar-refractivity contribution is -0.126. The van der Waals surface area contributed by atoms with Crippen molar-refractivity contribution in [2.24, 2.45) is 17.8 Å². The third kappa shape index (κ3) is 3.89. The van der Waals surface area contributed by atoms with Crippen LogP contribution in [0.1, 0.15) is 47.5 Å². The van der Waals surface area contributed by atoms with E-state index in [1.807, 2.05) is 13.8 Å². The van der Waals surface area contributed by atoms with Crippen molar-refractivity contribution < 1.29 is 4.79 Å². The van der Waals surface area contributed by atoms with Crippen molar-refractivity contribution in [1.82, 2.24) is 0 Å². The molecule has 12 heavy (non-hydrogen) atoms. The SMILES string of the molecule is CCC(CC(C)C)C(=O)C(C)C. The fraction of sp³-hybridized carbons (Fsp3) is 0.909. The summed E-state index contributed by atoms with van der Waals surface area (Å²) in [6.45, 7) is 10.4. The van der Waals surface area contributed by atoms with Gasteiger partial charge < -0.3 is 0 Å². The van der Waals surface area contributed by atoms with Crippen molar-refractivity contribution in [3.8, 4) is 0 Å². The van der Waals surface area contributed by atoms with Crippen LogP contribution in [-0.4, -0.2) is 5.78 Å². The maximum absolute atomic E-state index is 11.6. The predicted octanol–water partition coefficient (Wildman–Crippen LogP) is 3.28. The minimum atomic E-state index is 0.202. The first-order valence-corrected chi connectivity index (χ1v) is 5.02. The van der Waals surface area contributed by atoms with Gasteiger partial charge in [0.05, 0.1) is 0 Å². The van der Waals surface area contributed by atoms with Crippen molar-refractivity contribution in [1.29, 1.82) is 0 Å². The highest BCUT2D eigenvalue weighted by molar-refractivity contribution is 5.82. The van der Waals surface area contributed by atoms with Gasteiger partial charge in [0.1, 0.15) is 5.78 Å². The van der Waals surface area contributed by atoms with Crippen molar-refractivity contribution in [2.75, 3.05) is 0 Å². The summed E-state index contributed by atoms with van der Waals surface area (Å²) in [5.74, 6) is 1.57. The zero-order valence-electron chi connectivity index (χ0n) is 9.05. The Morgan fingerprint density at radius 3 is 1.92 bits per heavy atom. The van der Waals surface area contributed by atoms with Gasteiger partial charge >= 0.3 is 0 Å². The monoisotopic (exact) mass is 170 g/mol. The summed E-state index contributed by atoms with van der Waals surface area (Å²) in [5, 5.41) is 0. The quantitative estimate of drug-likeness (QED) is 0.619. The molecule has 72 valence electrons. The Balaban J connectivity index is 4.06. The molecule has 1 nitrogen and oxygen atoms in total. The summed E-state index contributed by atoms with van der Waals surface area (Å²) in [7, 11) is 0. The lowest BCUT2D eigenvalue weighted by Gasteiger charge is -2.17. The molecular formula is C11H22O. The van der Waals surface area contributed by atoms with E-state index in [-0.39, 0.29) is 5.92 Å². The Bertz CT molecular complexity index is 136. The topological polar surface area (TPSA) is 17.1 Å². The number of hydrogen-bond acceptors (Lipinski definition) is 1. The van der Waals surface area contributed by atoms with E-state index in [0.717, 1.165) is 12.8 Å². The molecule has 0 bridgehead atoms. The largest absolute Gasteiger partial charge is 0.299 e. The molecule has 1 heteroatoms. The van der Waals surface area contributed by atoms with Gasteiger partial charge in [-0.05, 0) is 18.8 Å². The Kier molecular flexibility index (Phi) is 5.19. The molecule has 0 aromatic carbocycles. The zero-order valence-corrected chi connectivity index (χ0v) is 9.05. The third-order valence-corrected chi connectivity index (χ3v) is 2.22. The van der Waals surface area contributed by atoms with Crippen molar-refractivity contribution in [3.05, 3.63) is 0 Å². The highest BCUT2D eigenvalue weighted by Crippen LogP contribution is 2.19. The van der Waals surface area contributed by atoms with E-state index in [1.165, 1.54) is 0 Å². The van der Waals surface area contributed by atoms with Crippen molar-refractivity contribution >= 4 is 5.78 Å². The summed E-state index contributed by atoms with van der Waals surface area (Å²) in [4.78, 5) is 11.6. The first-order chi connectivity index (χ1) is 5.49. The Morgan fingerprint density at radius 2 is 1.67 bits per heavy atom. The molecule has 0 aromatic rings. The second-order valence-electron chi connectivity index (χ2n) is 4.29. The van der Waals surface area contributed by atoms with Crippen LogP contribution in [0.25, 0.3) is 0 Å². The van der Waals surface area contributed by atoms with E-state index in [4.69, 9.17) is 0 Å². The Morgan fingerprint density at radius 1 is 1.17 bits per heavy atom. The number of carbonyl (C=O) groups excluding carboxylic acids is 1. The van der Waals surface area contributed by atoms with Gasteiger partial charge in [-0.3, -0.25) is 4.79 Å². The molecule has 0 N–H and O–H groups in total. The molecule has 0 aliphatic carbocycles. The fourth-order valence-corrected chi connectivity index (χ4v) is 1.52. The maximum Gasteiger partial charge on any atom is 0.138 e. The molecular weight excluding hydrogens is 148 g/mol. The van der Waals surface area contributed by atoms with Gasteiger partial charge in [-0.15, -0.1) is 0 Å². The Hall–Kier alpha value is -0.330. The van der Waals surface area contributed by atoms with E-state index >= 15 is 0 Å². The van der Waals surface area contributed by atoms with E-state index in [9.17, 15) is 4.79 Å². The van der Waals surface area contributed by atoms with Gasteiger partial charge in [-0.2, -0.15) is 0 Å². The minimum Gasteiger partial charge on any atom is -0.299 e. The van der Waals surface area contributed by atoms with Crippen LogP contribution in [0.5, 0.6) is 0 Å². The van der Waals surface area contributed by atoms with Crippen molar-refractivity contribution in [3.63, 3.8) is 0 Å². The summed E-state index contributed by atoms with van der Waals surface area (Å²) < 4.78 is 0. The van der Waals surface area contributed by atoms with Crippen LogP contribution in [0.4, 0.5) is 0 Å². The number of rotatable bonds is 5. The first kappa shape index (κ1) is 11.7. The molecule has 0 saturated heterocycles. The molecule has 0 heterocycles. The second kappa shape index (κ2) is 5.34. The molecule has 0 spiro atoms. The molecule has 0 aliphatic rings. The number of carbonyl (C=O) groups is 1. The van der Waals surface area contributed by atoms with Gasteiger partial charge in [-0.1, -0.05) is 34.6 Å². The summed E-state index contributed by atoms with van der Waals surface area (Å²) in [5.41, 5.74) is 0. The average Bonchev–Trinajstić information content (AvgIpc) is 1.98. The van der Waals surface area contributed by atoms with Crippen molar-refractivity contribution in [2.45, 2.75) is 47.5 Å². The summed E-state index contributed by atoms with van der Waals surface area (Å²) >= 11 is 0. The van der Waals surface area contributed by atoms with Crippen LogP contribution in [0.2, 0.25) is 0 Å². The molecule has 0 radical (unpaired) electrons. The van der Waals surface area contributed by atoms with Gasteiger partial charge in [0.2, 0.25) is 0 Å². The summed E-state index contributed by atoms with van der Waals surface area (Å²) in [6, 6.07) is 0. The lowest BCUT2D eigenvalue weighted by atomic mass is 9.86. The van der Waals surface area contributed by atoms with Crippen LogP contribution in [-0.2, 0) is 4.79 Å². The van der Waals surface area contributed by atoms with Gasteiger partial charge in [0.15, 0.2) is 0 Å². The third-order valence-electron chi connectivity index (χ3n) is 2.22. The van der Waals surface area contributed by atoms with E-state index in [0.29, 0.717) is 17.6 Å². The smallest absolute Gasteiger partial charge is 0.138 e. The molecule has 0 amide bonds. The molecule has 0 aromatic heterocycles. The maximum atomic E-state index is 11.6. The molecule has 1 atom stereocenters. The molecule has 0 fully saturated rings. The van der Waals surface area contributed by atoms with Crippen LogP contribution in [0, 0.1) is 17.8 Å². The summed E-state index contributed by atoms with van der Waals surface area (Å²) in [6.07, 6.45) is 2.04. The number of Topliss-reactive ketones (excluding diaryl/α,β-unsaturated/α-hetero) is 1. The van der Waals surface area contributed by atoms with Crippen LogP contribution in [0.3, 0.4) is 0 Å². The first-order valence-electron chi connectivity index (χ1n) is 5.02. The van der Waals surface area contributed by atoms with E-state index in [1.54, 1.807) is 0 Å². The van der Waals surface area contributed by atoms with Gasteiger partial charge in [-0.25, -0.2) is 0 Å².